The molecule has 1 heterocycles. The van der Waals surface area contributed by atoms with Gasteiger partial charge >= 0.3 is 11.9 Å². The van der Waals surface area contributed by atoms with Crippen LogP contribution in [0.4, 0.5) is 5.69 Å². The number of rotatable bonds is 5. The summed E-state index contributed by atoms with van der Waals surface area (Å²) in [6.07, 6.45) is 9.13. The summed E-state index contributed by atoms with van der Waals surface area (Å²) >= 11 is 0. The van der Waals surface area contributed by atoms with Crippen LogP contribution in [-0.4, -0.2) is 35.7 Å². The number of methoxy groups -OCH3 is 2. The van der Waals surface area contributed by atoms with Gasteiger partial charge in [0.2, 0.25) is 0 Å². The van der Waals surface area contributed by atoms with Crippen LogP contribution < -0.4 is 5.32 Å². The van der Waals surface area contributed by atoms with Gasteiger partial charge in [-0.25, -0.2) is 14.6 Å². The maximum atomic E-state index is 11.9. The van der Waals surface area contributed by atoms with E-state index in [1.807, 2.05) is 24.5 Å². The Morgan fingerprint density at radius 1 is 1.19 bits per heavy atom. The number of nitrogens with one attached hydrogen (secondary N) is 1. The summed E-state index contributed by atoms with van der Waals surface area (Å²) in [5, 5.41) is 2.91. The number of anilines is 1. The number of hydrogen-bond acceptors (Lipinski definition) is 6. The van der Waals surface area contributed by atoms with Crippen LogP contribution in [0.2, 0.25) is 0 Å². The van der Waals surface area contributed by atoms with E-state index in [1.165, 1.54) is 46.3 Å². The molecular weight excluding hydrogens is 334 g/mol. The summed E-state index contributed by atoms with van der Waals surface area (Å²) in [5.74, 6) is -1.29. The summed E-state index contributed by atoms with van der Waals surface area (Å²) < 4.78 is 11.5. The van der Waals surface area contributed by atoms with Crippen LogP contribution in [0.3, 0.4) is 0 Å². The average molecular weight is 357 g/mol. The van der Waals surface area contributed by atoms with E-state index in [9.17, 15) is 9.59 Å². The highest BCUT2D eigenvalue weighted by Gasteiger charge is 2.18. The Morgan fingerprint density at radius 3 is 2.65 bits per heavy atom. The van der Waals surface area contributed by atoms with Crippen LogP contribution >= 0.6 is 0 Å². The molecule has 1 aliphatic carbocycles. The van der Waals surface area contributed by atoms with Crippen molar-refractivity contribution < 1.29 is 19.1 Å². The first kappa shape index (κ1) is 18.0. The Bertz CT molecular complexity index is 834. The maximum Gasteiger partial charge on any atom is 0.354 e. The fourth-order valence-electron chi connectivity index (χ4n) is 3.35. The quantitative estimate of drug-likeness (QED) is 0.654. The number of ether oxygens (including phenoxy) is 2. The van der Waals surface area contributed by atoms with E-state index in [4.69, 9.17) is 4.74 Å². The van der Waals surface area contributed by atoms with Gasteiger partial charge in [0, 0.05) is 11.7 Å². The smallest absolute Gasteiger partial charge is 0.354 e. The molecule has 0 atom stereocenters. The molecule has 7 nitrogen and oxygen atoms in total. The van der Waals surface area contributed by atoms with E-state index < -0.39 is 11.9 Å². The first-order valence-electron chi connectivity index (χ1n) is 8.74. The summed E-state index contributed by atoms with van der Waals surface area (Å²) in [5.41, 5.74) is 2.55. The monoisotopic (exact) mass is 357 g/mol. The van der Waals surface area contributed by atoms with E-state index >= 15 is 0 Å². The average Bonchev–Trinajstić information content (AvgIpc) is 3.10. The normalized spacial score (nSPS) is 15.7. The van der Waals surface area contributed by atoms with Crippen molar-refractivity contribution in [3.8, 4) is 0 Å². The highest BCUT2D eigenvalue weighted by Crippen LogP contribution is 2.31. The molecule has 0 bridgehead atoms. The molecule has 0 saturated heterocycles. The number of fused-ring (bicyclic) bond motifs is 1. The van der Waals surface area contributed by atoms with Gasteiger partial charge in [-0.3, -0.25) is 0 Å². The van der Waals surface area contributed by atoms with Gasteiger partial charge in [0.15, 0.2) is 0 Å². The zero-order valence-corrected chi connectivity index (χ0v) is 15.0. The number of carbonyl (C=O) groups is 2. The molecule has 0 spiro atoms. The van der Waals surface area contributed by atoms with E-state index in [0.717, 1.165) is 17.1 Å². The highest BCUT2D eigenvalue weighted by molar-refractivity contribution is 5.99. The van der Waals surface area contributed by atoms with Gasteiger partial charge in [-0.1, -0.05) is 19.3 Å². The predicted octanol–water partition coefficient (Wildman–Crippen LogP) is 3.18. The number of imidazole rings is 1. The maximum absolute atomic E-state index is 11.9. The lowest BCUT2D eigenvalue weighted by molar-refractivity contribution is -0.138. The minimum absolute atomic E-state index is 0.00501. The standard InChI is InChI=1S/C19H23N3O4/c1-25-18(23)11-16(19(24)26-2)21-13-8-9-17-15(10-13)20-12-22(17)14-6-4-3-5-7-14/h8-12,14,21H,3-7H2,1-2H3/b16-11+. The molecule has 7 heteroatoms. The first-order chi connectivity index (χ1) is 12.6. The van der Waals surface area contributed by atoms with E-state index in [2.05, 4.69) is 19.6 Å². The Morgan fingerprint density at radius 2 is 1.96 bits per heavy atom. The second-order valence-corrected chi connectivity index (χ2v) is 6.34. The van der Waals surface area contributed by atoms with Gasteiger partial charge in [-0.2, -0.15) is 0 Å². The Hall–Kier alpha value is -2.83. The molecule has 0 radical (unpaired) electrons. The third kappa shape index (κ3) is 3.87. The van der Waals surface area contributed by atoms with Gasteiger partial charge in [0.1, 0.15) is 5.70 Å². The molecule has 1 aliphatic rings. The topological polar surface area (TPSA) is 82.5 Å². The molecule has 1 aromatic carbocycles. The number of carbonyl (C=O) groups excluding carboxylic acids is 2. The lowest BCUT2D eigenvalue weighted by Gasteiger charge is -2.23. The summed E-state index contributed by atoms with van der Waals surface area (Å²) in [7, 11) is 2.50. The van der Waals surface area contributed by atoms with Gasteiger partial charge in [0.05, 0.1) is 37.7 Å². The van der Waals surface area contributed by atoms with Gasteiger partial charge in [-0.15, -0.1) is 0 Å². The number of hydrogen-bond donors (Lipinski definition) is 1. The minimum atomic E-state index is -0.650. The molecular formula is C19H23N3O4. The Kier molecular flexibility index (Phi) is 5.55. The highest BCUT2D eigenvalue weighted by atomic mass is 16.5. The van der Waals surface area contributed by atoms with Crippen LogP contribution in [0.1, 0.15) is 38.1 Å². The summed E-state index contributed by atoms with van der Waals surface area (Å²) in [4.78, 5) is 27.8. The third-order valence-electron chi connectivity index (χ3n) is 4.69. The predicted molar refractivity (Wildman–Crippen MR) is 97.6 cm³/mol. The zero-order valence-electron chi connectivity index (χ0n) is 15.0. The largest absolute Gasteiger partial charge is 0.466 e. The molecule has 1 N–H and O–H groups in total. The Balaban J connectivity index is 1.85. The molecule has 1 fully saturated rings. The SMILES string of the molecule is COC(=O)/C=C(/Nc1ccc2c(c1)ncn2C1CCCCC1)C(=O)OC. The van der Waals surface area contributed by atoms with Gasteiger partial charge in [0.25, 0.3) is 0 Å². The van der Waals surface area contributed by atoms with Crippen molar-refractivity contribution in [3.05, 3.63) is 36.3 Å². The van der Waals surface area contributed by atoms with Crippen LogP contribution in [0.15, 0.2) is 36.3 Å². The van der Waals surface area contributed by atoms with Crippen LogP contribution in [0.25, 0.3) is 11.0 Å². The number of benzene rings is 1. The van der Waals surface area contributed by atoms with Crippen LogP contribution in [0, 0.1) is 0 Å². The fourth-order valence-corrected chi connectivity index (χ4v) is 3.35. The second kappa shape index (κ2) is 8.03. The lowest BCUT2D eigenvalue weighted by Crippen LogP contribution is -2.15. The molecule has 1 saturated carbocycles. The van der Waals surface area contributed by atoms with E-state index in [1.54, 1.807) is 0 Å². The molecule has 0 aliphatic heterocycles. The van der Waals surface area contributed by atoms with Crippen molar-refractivity contribution in [3.63, 3.8) is 0 Å². The number of esters is 2. The minimum Gasteiger partial charge on any atom is -0.466 e. The number of aromatic nitrogens is 2. The molecule has 138 valence electrons. The lowest BCUT2D eigenvalue weighted by atomic mass is 9.95. The Labute approximate surface area is 152 Å². The van der Waals surface area contributed by atoms with E-state index in [-0.39, 0.29) is 5.70 Å². The van der Waals surface area contributed by atoms with Crippen molar-refractivity contribution in [2.24, 2.45) is 0 Å². The van der Waals surface area contributed by atoms with Crippen molar-refractivity contribution in [2.45, 2.75) is 38.1 Å². The van der Waals surface area contributed by atoms with Crippen molar-refractivity contribution in [1.82, 2.24) is 9.55 Å². The molecule has 1 aromatic heterocycles. The molecule has 2 aromatic rings. The zero-order chi connectivity index (χ0) is 18.5. The van der Waals surface area contributed by atoms with Crippen LogP contribution in [0.5, 0.6) is 0 Å². The van der Waals surface area contributed by atoms with E-state index in [0.29, 0.717) is 11.7 Å². The summed E-state index contributed by atoms with van der Waals surface area (Å²) in [6, 6.07) is 6.18. The molecule has 0 amide bonds. The van der Waals surface area contributed by atoms with Gasteiger partial charge in [-0.05, 0) is 31.0 Å². The molecule has 26 heavy (non-hydrogen) atoms. The number of nitrogens with zero attached hydrogens (tertiary/aromatic N) is 2. The van der Waals surface area contributed by atoms with Gasteiger partial charge < -0.3 is 19.4 Å². The van der Waals surface area contributed by atoms with Crippen molar-refractivity contribution >= 4 is 28.7 Å². The molecule has 3 rings (SSSR count). The van der Waals surface area contributed by atoms with Crippen molar-refractivity contribution in [1.29, 1.82) is 0 Å². The third-order valence-corrected chi connectivity index (χ3v) is 4.69. The summed E-state index contributed by atoms with van der Waals surface area (Å²) in [6.45, 7) is 0. The van der Waals surface area contributed by atoms with Crippen LogP contribution in [-0.2, 0) is 19.1 Å². The fraction of sp³-hybridized carbons (Fsp3) is 0.421. The molecule has 0 unspecified atom stereocenters. The van der Waals surface area contributed by atoms with Crippen molar-refractivity contribution in [2.75, 3.05) is 19.5 Å². The second-order valence-electron chi connectivity index (χ2n) is 6.34. The first-order valence-corrected chi connectivity index (χ1v) is 8.74.